The molecule has 1 aromatic carbocycles. The highest BCUT2D eigenvalue weighted by Crippen LogP contribution is 2.37. The van der Waals surface area contributed by atoms with Crippen LogP contribution in [-0.4, -0.2) is 66.9 Å². The van der Waals surface area contributed by atoms with E-state index in [0.717, 1.165) is 10.4 Å². The molecule has 1 N–H and O–H groups in total. The molecule has 0 unspecified atom stereocenters. The Balaban J connectivity index is 1.34. The number of thiophene rings is 1. The van der Waals surface area contributed by atoms with Gasteiger partial charge in [0.15, 0.2) is 17.3 Å². The molecule has 3 heterocycles. The van der Waals surface area contributed by atoms with E-state index in [9.17, 15) is 14.4 Å². The Labute approximate surface area is 178 Å². The van der Waals surface area contributed by atoms with Gasteiger partial charge in [0.2, 0.25) is 12.7 Å². The van der Waals surface area contributed by atoms with Crippen LogP contribution in [0.2, 0.25) is 0 Å². The minimum Gasteiger partial charge on any atom is -0.454 e. The van der Waals surface area contributed by atoms with Crippen LogP contribution in [0.1, 0.15) is 32.5 Å². The molecule has 2 amide bonds. The third-order valence-corrected chi connectivity index (χ3v) is 6.25. The molecule has 0 aliphatic carbocycles. The Bertz CT molecular complexity index is 995. The number of benzene rings is 1. The number of amides is 2. The van der Waals surface area contributed by atoms with E-state index in [1.54, 1.807) is 12.1 Å². The molecule has 1 fully saturated rings. The first-order valence-electron chi connectivity index (χ1n) is 9.72. The van der Waals surface area contributed by atoms with E-state index >= 15 is 0 Å². The van der Waals surface area contributed by atoms with Crippen LogP contribution in [0.15, 0.2) is 23.6 Å². The van der Waals surface area contributed by atoms with E-state index < -0.39 is 0 Å². The molecule has 0 atom stereocenters. The van der Waals surface area contributed by atoms with Crippen LogP contribution in [0.5, 0.6) is 11.5 Å². The largest absolute Gasteiger partial charge is 0.454 e. The van der Waals surface area contributed by atoms with Crippen molar-refractivity contribution in [2.75, 3.05) is 44.8 Å². The van der Waals surface area contributed by atoms with E-state index in [1.165, 1.54) is 18.3 Å². The number of fused-ring (bicyclic) bond motifs is 1. The highest BCUT2D eigenvalue weighted by Gasteiger charge is 2.26. The summed E-state index contributed by atoms with van der Waals surface area (Å²) < 4.78 is 10.7. The van der Waals surface area contributed by atoms with E-state index in [4.69, 9.17) is 9.47 Å². The van der Waals surface area contributed by atoms with Gasteiger partial charge in [-0.2, -0.15) is 0 Å². The lowest BCUT2D eigenvalue weighted by Gasteiger charge is -2.34. The van der Waals surface area contributed by atoms with Crippen molar-refractivity contribution in [3.63, 3.8) is 0 Å². The van der Waals surface area contributed by atoms with E-state index in [-0.39, 0.29) is 30.9 Å². The first kappa shape index (κ1) is 20.4. The summed E-state index contributed by atoms with van der Waals surface area (Å²) in [6.07, 6.45) is 0. The highest BCUT2D eigenvalue weighted by molar-refractivity contribution is 7.12. The van der Waals surface area contributed by atoms with Gasteiger partial charge in [0.05, 0.1) is 17.1 Å². The van der Waals surface area contributed by atoms with Crippen LogP contribution in [0.3, 0.4) is 0 Å². The monoisotopic (exact) mass is 429 g/mol. The maximum absolute atomic E-state index is 12.6. The fraction of sp³-hybridized carbons (Fsp3) is 0.381. The number of hydrogen-bond acceptors (Lipinski definition) is 7. The molecule has 9 heteroatoms. The van der Waals surface area contributed by atoms with Crippen LogP contribution in [0.25, 0.3) is 0 Å². The molecule has 30 heavy (non-hydrogen) atoms. The number of Topliss-reactive ketones (excluding diaryl/α,β-unsaturated/α-hetero) is 1. The van der Waals surface area contributed by atoms with Crippen LogP contribution >= 0.6 is 11.3 Å². The van der Waals surface area contributed by atoms with E-state index in [1.807, 2.05) is 28.2 Å². The number of ketones is 1. The Kier molecular flexibility index (Phi) is 5.74. The Morgan fingerprint density at radius 1 is 1.10 bits per heavy atom. The molecule has 4 rings (SSSR count). The highest BCUT2D eigenvalue weighted by atomic mass is 32.1. The third kappa shape index (κ3) is 4.17. The third-order valence-electron chi connectivity index (χ3n) is 5.25. The van der Waals surface area contributed by atoms with Crippen molar-refractivity contribution in [1.29, 1.82) is 0 Å². The zero-order valence-electron chi connectivity index (χ0n) is 16.9. The molecule has 0 saturated carbocycles. The predicted octanol–water partition coefficient (Wildman–Crippen LogP) is 2.38. The fourth-order valence-electron chi connectivity index (χ4n) is 3.57. The minimum atomic E-state index is -0.217. The van der Waals surface area contributed by atoms with Crippen molar-refractivity contribution in [1.82, 2.24) is 9.80 Å². The molecule has 2 aromatic rings. The predicted molar refractivity (Wildman–Crippen MR) is 113 cm³/mol. The molecule has 0 bridgehead atoms. The lowest BCUT2D eigenvalue weighted by Crippen LogP contribution is -2.50. The normalized spacial score (nSPS) is 15.9. The summed E-state index contributed by atoms with van der Waals surface area (Å²) in [6.45, 7) is 6.05. The first-order valence-corrected chi connectivity index (χ1v) is 10.6. The molecule has 2 aliphatic heterocycles. The number of anilines is 1. The molecule has 2 aliphatic rings. The number of ether oxygens (including phenoxy) is 2. The molecular weight excluding hydrogens is 406 g/mol. The summed E-state index contributed by atoms with van der Waals surface area (Å²) in [5.41, 5.74) is 1.80. The molecule has 8 nitrogen and oxygen atoms in total. The lowest BCUT2D eigenvalue weighted by molar-refractivity contribution is -0.117. The van der Waals surface area contributed by atoms with Crippen molar-refractivity contribution < 1.29 is 23.9 Å². The molecule has 1 aromatic heterocycles. The van der Waals surface area contributed by atoms with Gasteiger partial charge in [0, 0.05) is 37.8 Å². The summed E-state index contributed by atoms with van der Waals surface area (Å²) >= 11 is 1.46. The standard InChI is InChI=1S/C21H23N3O5S/c1-13-3-8-30-20(13)21(27)24-6-4-23(5-7-24)11-19(26)22-16-10-18-17(28-12-29-18)9-15(16)14(2)25/h3,8-10H,4-7,11-12H2,1-2H3,(H,22,26). The van der Waals surface area contributed by atoms with Crippen molar-refractivity contribution in [3.8, 4) is 11.5 Å². The summed E-state index contributed by atoms with van der Waals surface area (Å²) in [4.78, 5) is 41.8. The first-order chi connectivity index (χ1) is 14.4. The smallest absolute Gasteiger partial charge is 0.264 e. The number of aryl methyl sites for hydroxylation is 1. The second kappa shape index (κ2) is 8.45. The lowest BCUT2D eigenvalue weighted by atomic mass is 10.1. The van der Waals surface area contributed by atoms with Gasteiger partial charge in [0.25, 0.3) is 5.91 Å². The fourth-order valence-corrected chi connectivity index (χ4v) is 4.47. The summed E-state index contributed by atoms with van der Waals surface area (Å²) in [7, 11) is 0. The van der Waals surface area contributed by atoms with Crippen molar-refractivity contribution in [2.24, 2.45) is 0 Å². The Morgan fingerprint density at radius 2 is 1.80 bits per heavy atom. The summed E-state index contributed by atoms with van der Waals surface area (Å²) in [5.74, 6) is 0.675. The van der Waals surface area contributed by atoms with Crippen LogP contribution in [0, 0.1) is 6.92 Å². The van der Waals surface area contributed by atoms with Gasteiger partial charge >= 0.3 is 0 Å². The number of rotatable bonds is 5. The number of nitrogens with zero attached hydrogens (tertiary/aromatic N) is 2. The van der Waals surface area contributed by atoms with Crippen molar-refractivity contribution >= 4 is 34.6 Å². The Morgan fingerprint density at radius 3 is 2.43 bits per heavy atom. The molecule has 158 valence electrons. The zero-order chi connectivity index (χ0) is 21.3. The van der Waals surface area contributed by atoms with Gasteiger partial charge in [0.1, 0.15) is 0 Å². The van der Waals surface area contributed by atoms with E-state index in [2.05, 4.69) is 5.32 Å². The van der Waals surface area contributed by atoms with Crippen LogP contribution in [0.4, 0.5) is 5.69 Å². The van der Waals surface area contributed by atoms with Gasteiger partial charge in [-0.05, 0) is 36.9 Å². The number of piperazine rings is 1. The molecule has 0 radical (unpaired) electrons. The van der Waals surface area contributed by atoms with Crippen molar-refractivity contribution in [3.05, 3.63) is 39.6 Å². The quantitative estimate of drug-likeness (QED) is 0.735. The second-order valence-electron chi connectivity index (χ2n) is 7.36. The van der Waals surface area contributed by atoms with Gasteiger partial charge in [-0.3, -0.25) is 19.3 Å². The molecule has 1 saturated heterocycles. The van der Waals surface area contributed by atoms with Crippen LogP contribution < -0.4 is 14.8 Å². The van der Waals surface area contributed by atoms with Crippen molar-refractivity contribution in [2.45, 2.75) is 13.8 Å². The maximum Gasteiger partial charge on any atom is 0.264 e. The number of carbonyl (C=O) groups excluding carboxylic acids is 3. The molecule has 0 spiro atoms. The van der Waals surface area contributed by atoms with E-state index in [0.29, 0.717) is 48.9 Å². The summed E-state index contributed by atoms with van der Waals surface area (Å²) in [5, 5.41) is 4.74. The second-order valence-corrected chi connectivity index (χ2v) is 8.27. The SMILES string of the molecule is CC(=O)c1cc2c(cc1NC(=O)CN1CCN(C(=O)c3sccc3C)CC1)OCO2. The minimum absolute atomic E-state index is 0.0538. The topological polar surface area (TPSA) is 88.2 Å². The number of hydrogen-bond donors (Lipinski definition) is 1. The average molecular weight is 429 g/mol. The Hall–Kier alpha value is -2.91. The number of carbonyl (C=O) groups is 3. The number of nitrogens with one attached hydrogen (secondary N) is 1. The van der Waals surface area contributed by atoms with Gasteiger partial charge in [-0.25, -0.2) is 0 Å². The van der Waals surface area contributed by atoms with Gasteiger partial charge < -0.3 is 19.7 Å². The molecular formula is C21H23N3O5S. The zero-order valence-corrected chi connectivity index (χ0v) is 17.7. The summed E-state index contributed by atoms with van der Waals surface area (Å²) in [6, 6.07) is 5.16. The van der Waals surface area contributed by atoms with Crippen LogP contribution in [-0.2, 0) is 4.79 Å². The average Bonchev–Trinajstić information content (AvgIpc) is 3.35. The van der Waals surface area contributed by atoms with Gasteiger partial charge in [-0.15, -0.1) is 11.3 Å². The van der Waals surface area contributed by atoms with Gasteiger partial charge in [-0.1, -0.05) is 0 Å². The maximum atomic E-state index is 12.6.